The minimum atomic E-state index is -1.28. The summed E-state index contributed by atoms with van der Waals surface area (Å²) in [5.41, 5.74) is 2.79. The summed E-state index contributed by atoms with van der Waals surface area (Å²) >= 11 is 12.0. The van der Waals surface area contributed by atoms with Crippen molar-refractivity contribution >= 4 is 170 Å². The molecule has 5 aliphatic rings. The number of aromatic amines is 5. The summed E-state index contributed by atoms with van der Waals surface area (Å²) in [6.07, 6.45) is 20.9. The summed E-state index contributed by atoms with van der Waals surface area (Å²) in [5, 5.41) is 108. The second kappa shape index (κ2) is 42.1. The van der Waals surface area contributed by atoms with Crippen LogP contribution in [0.2, 0.25) is 0 Å². The Morgan fingerprint density at radius 2 is 0.744 bits per heavy atom. The first-order valence-electron chi connectivity index (χ1n) is 42.5. The Morgan fingerprint density at radius 1 is 0.419 bits per heavy atom. The molecule has 16 N–H and O–H groups in total. The van der Waals surface area contributed by atoms with Crippen LogP contribution < -0.4 is 26.9 Å². The molecule has 0 aliphatic carbocycles. The highest BCUT2D eigenvalue weighted by atomic mass is 32.2. The van der Waals surface area contributed by atoms with Gasteiger partial charge in [-0.3, -0.25) is 47.2 Å². The maximum absolute atomic E-state index is 12.4. The first kappa shape index (κ1) is 103. The lowest BCUT2D eigenvalue weighted by Gasteiger charge is -2.20. The van der Waals surface area contributed by atoms with Crippen LogP contribution in [0.4, 0.5) is 11.9 Å². The second-order valence-electron chi connectivity index (χ2n) is 37.2. The maximum atomic E-state index is 12.4. The van der Waals surface area contributed by atoms with Crippen molar-refractivity contribution < 1.29 is 74.7 Å². The molecule has 129 heavy (non-hydrogen) atoms. The number of anilines is 2. The molecule has 0 aromatic carbocycles. The summed E-state index contributed by atoms with van der Waals surface area (Å²) in [6, 6.07) is 0. The zero-order chi connectivity index (χ0) is 94.9. The van der Waals surface area contributed by atoms with Crippen molar-refractivity contribution in [1.82, 2.24) is 97.6 Å². The molecule has 15 heterocycles. The molecule has 40 nitrogen and oxygen atoms in total. The van der Waals surface area contributed by atoms with Crippen LogP contribution in [0.5, 0.6) is 0 Å². The van der Waals surface area contributed by atoms with Gasteiger partial charge in [0.2, 0.25) is 11.9 Å². The quantitative estimate of drug-likeness (QED) is 0.0135. The number of H-pyrrole nitrogens is 5. The highest BCUT2D eigenvalue weighted by Crippen LogP contribution is 2.46. The molecular formula is C81H129N22O18P5S3. The van der Waals surface area contributed by atoms with Gasteiger partial charge in [-0.2, -0.15) is 9.97 Å². The van der Waals surface area contributed by atoms with Crippen LogP contribution in [-0.2, 0) is 23.7 Å². The van der Waals surface area contributed by atoms with Crippen LogP contribution in [0, 0.1) is 30.1 Å². The first-order valence-corrected chi connectivity index (χ1v) is 59.6. The Morgan fingerprint density at radius 3 is 1.11 bits per heavy atom. The van der Waals surface area contributed by atoms with E-state index < -0.39 is 157 Å². The molecule has 714 valence electrons. The normalized spacial score (nSPS) is 26.7. The predicted octanol–water partition coefficient (Wildman–Crippen LogP) is 5.24. The van der Waals surface area contributed by atoms with E-state index in [2.05, 4.69) is 185 Å². The number of nitrogens with one attached hydrogen (secondary N) is 6. The summed E-state index contributed by atoms with van der Waals surface area (Å²) in [6.45, 7) is 22.5. The number of thioether (sulfide) groups is 1. The minimum Gasteiger partial charge on any atom is -0.388 e. The fourth-order valence-electron chi connectivity index (χ4n) is 15.3. The molecule has 0 bridgehead atoms. The van der Waals surface area contributed by atoms with E-state index >= 15 is 0 Å². The summed E-state index contributed by atoms with van der Waals surface area (Å²) in [7, 11) is 5.15. The third-order valence-corrected chi connectivity index (χ3v) is 31.3. The van der Waals surface area contributed by atoms with E-state index in [4.69, 9.17) is 48.1 Å². The first-order chi connectivity index (χ1) is 60.2. The zero-order valence-electron chi connectivity index (χ0n) is 76.1. The van der Waals surface area contributed by atoms with E-state index in [-0.39, 0.29) is 44.8 Å². The monoisotopic (exact) mass is 1950 g/mol. The number of hydrogen-bond donors (Lipinski definition) is 16. The van der Waals surface area contributed by atoms with Crippen LogP contribution in [0.3, 0.4) is 0 Å². The summed E-state index contributed by atoms with van der Waals surface area (Å²) in [5.74, 6) is 3.27. The Hall–Kier alpha value is -6.56. The molecule has 20 atom stereocenters. The van der Waals surface area contributed by atoms with E-state index in [9.17, 15) is 65.4 Å². The van der Waals surface area contributed by atoms with Crippen LogP contribution >= 0.6 is 70.6 Å². The number of nitrogens with zero attached hydrogens (tertiary/aromatic N) is 16. The van der Waals surface area contributed by atoms with E-state index in [1.165, 1.54) is 33.6 Å². The van der Waals surface area contributed by atoms with Gasteiger partial charge in [-0.25, -0.2) is 39.9 Å². The second-order valence-corrected chi connectivity index (χ2v) is 60.6. The van der Waals surface area contributed by atoms with Crippen LogP contribution in [0.1, 0.15) is 107 Å². The number of aromatic nitrogens is 20. The molecule has 10 unspecified atom stereocenters. The van der Waals surface area contributed by atoms with Gasteiger partial charge in [0.05, 0.1) is 55.8 Å². The number of ether oxygens (including phenoxy) is 5. The fourth-order valence-corrected chi connectivity index (χ4v) is 21.7. The zero-order valence-corrected chi connectivity index (χ0v) is 83.1. The van der Waals surface area contributed by atoms with Gasteiger partial charge in [0.25, 0.3) is 16.7 Å². The average Bonchev–Trinajstić information content (AvgIpc) is 1.59. The molecule has 0 saturated carbocycles. The van der Waals surface area contributed by atoms with Crippen LogP contribution in [-0.4, -0.2) is 396 Å². The lowest BCUT2D eigenvalue weighted by Crippen LogP contribution is -2.32. The number of fused-ring (bicyclic) bond motifs is 5. The van der Waals surface area contributed by atoms with Gasteiger partial charge in [0.15, 0.2) is 79.1 Å². The number of unbranched alkanes of at least 4 members (excludes halogenated alkanes) is 2. The molecule has 5 aliphatic heterocycles. The van der Waals surface area contributed by atoms with Gasteiger partial charge in [-0.15, -0.1) is 65.9 Å². The molecule has 5 fully saturated rings. The van der Waals surface area contributed by atoms with Gasteiger partial charge in [0.1, 0.15) is 101 Å². The minimum absolute atomic E-state index is 0.151. The van der Waals surface area contributed by atoms with E-state index in [0.717, 1.165) is 55.8 Å². The third kappa shape index (κ3) is 25.0. The topological polar surface area (TPSA) is 547 Å². The number of rotatable bonds is 27. The number of aliphatic hydroxyl groups excluding tert-OH is 10. The Kier molecular flexibility index (Phi) is 33.6. The highest BCUT2D eigenvalue weighted by Gasteiger charge is 2.50. The lowest BCUT2D eigenvalue weighted by molar-refractivity contribution is -0.0400. The van der Waals surface area contributed by atoms with Gasteiger partial charge in [-0.1, -0.05) is 56.0 Å². The SMILES string of the molecule is C=P(C)(C)CC[C@H]1OC(n2c(SCCCCC)nc3c(=O)[nH]c(C)nc32)C(O)[C@@H]1O.C=P(C)(C)CC[C@H]1OC(n2cnc3c(=O)[nH]c(N(C)C)nc32)C(O)[C@@H]1O.C=P(C)(C)CC[C@H]1OC(n2cnc3c(=O)[nH]c(NC)nc32)C(O)[C@@H]1O.C=P(C)(C)CC[C@H]1OC(n2cnc3c(=S)nc(C)[nH]c32)C(O)[C@@H]1O.C=P(C)(C)CC[C@H]1OC(n2cnc3c(=S)nc(C)[nH]c32)C(O)[C@@H]1O. The number of hydrogen-bond acceptors (Lipinski definition) is 33. The summed E-state index contributed by atoms with van der Waals surface area (Å²) < 4.78 is 38.7. The molecule has 0 amide bonds. The molecule has 10 aromatic rings. The predicted molar refractivity (Wildman–Crippen MR) is 525 cm³/mol. The third-order valence-electron chi connectivity index (χ3n) is 22.4. The fraction of sp³-hybridized carbons (Fsp3) is 0.630. The van der Waals surface area contributed by atoms with E-state index in [1.54, 1.807) is 73.2 Å². The van der Waals surface area contributed by atoms with Gasteiger partial charge in [0, 0.05) is 26.9 Å². The maximum Gasteiger partial charge on any atom is 0.280 e. The van der Waals surface area contributed by atoms with Crippen molar-refractivity contribution in [3.63, 3.8) is 0 Å². The highest BCUT2D eigenvalue weighted by molar-refractivity contribution is 7.99. The lowest BCUT2D eigenvalue weighted by atomic mass is 10.1. The largest absolute Gasteiger partial charge is 0.388 e. The average molecular weight is 1950 g/mol. The molecule has 15 rings (SSSR count). The standard InChI is InChI=1S/C20H33N4O4PS.C16H26N5O4P.C15H24N5O4P.2C15H23N4O3PS/c1-6-7-8-11-30-20-23-14-17(21-12(2)22-18(14)27)24(20)19-16(26)15(25)13(28-19)9-10-29(3,4)5;1-20(2)16-18-13-10(14(24)19-16)17-8-21(13)15-12(23)11(22)9(25-15)6-7-26(3,4)5;1-16-15-18-12-9(13(23)19-15)17-7-20(12)14-11(22)10(21)8(24-14)5-6-25(2,3)4;2*1-8-17-13-10(14(24)18-8)16-7-19(13)15-12(21)11(20)9(22-15)5-6-23(2,3)4/h13,15-16,19,25-26H,3,6-11H2,1-2,4-5H3,(H,21,22,27);8-9,11-12,15,22-23H,3,6-7H2,1-2,4-5H3,(H,18,19,24);7-8,10-11,14,21-22H,2,5-6H2,1,3-4H3,(H2,16,18,19,23);2*7,9,11-12,15,20-21H,2,5-6H2,1,3-4H3,(H,17,18,24)/t13-,15-,16?,19?;9-,11-,12?,15?;8-,10-,11?,14?;2*9-,11-,12?,15?/m11111/s1. The summed E-state index contributed by atoms with van der Waals surface area (Å²) in [4.78, 5) is 95.1. The van der Waals surface area contributed by atoms with Crippen molar-refractivity contribution in [1.29, 1.82) is 0 Å². The van der Waals surface area contributed by atoms with Crippen molar-refractivity contribution in [2.75, 3.05) is 135 Å². The number of aliphatic hydroxyl groups is 10. The molecule has 48 heteroatoms. The number of imidazole rings is 5. The van der Waals surface area contributed by atoms with E-state index in [0.29, 0.717) is 104 Å². The van der Waals surface area contributed by atoms with Gasteiger partial charge in [-0.05, 0) is 157 Å². The molecular weight excluding hydrogens is 1820 g/mol. The Balaban J connectivity index is 0.000000156. The van der Waals surface area contributed by atoms with Gasteiger partial charge >= 0.3 is 0 Å². The van der Waals surface area contributed by atoms with Crippen molar-refractivity contribution in [3.05, 3.63) is 83.1 Å². The van der Waals surface area contributed by atoms with Crippen LogP contribution in [0.15, 0.2) is 44.8 Å². The Labute approximate surface area is 762 Å². The van der Waals surface area contributed by atoms with Crippen molar-refractivity contribution in [2.24, 2.45) is 0 Å². The Bertz CT molecular complexity index is 6040. The van der Waals surface area contributed by atoms with Crippen molar-refractivity contribution in [2.45, 2.75) is 207 Å². The van der Waals surface area contributed by atoms with Crippen molar-refractivity contribution in [3.8, 4) is 0 Å². The van der Waals surface area contributed by atoms with Crippen LogP contribution in [0.25, 0.3) is 55.8 Å². The smallest absolute Gasteiger partial charge is 0.280 e. The molecule has 10 aromatic heterocycles. The molecule has 0 radical (unpaired) electrons. The number of aryl methyl sites for hydroxylation is 3. The van der Waals surface area contributed by atoms with Gasteiger partial charge < -0.3 is 99.9 Å². The molecule has 0 spiro atoms. The molecule has 5 saturated heterocycles. The van der Waals surface area contributed by atoms with E-state index in [1.807, 2.05) is 0 Å².